The van der Waals surface area contributed by atoms with E-state index in [-0.39, 0.29) is 11.5 Å². The normalized spacial score (nSPS) is 14.2. The predicted octanol–water partition coefficient (Wildman–Crippen LogP) is 2.25. The zero-order valence-corrected chi connectivity index (χ0v) is 16.1. The molecule has 30 heavy (non-hydrogen) atoms. The fourth-order valence-electron chi connectivity index (χ4n) is 3.58. The molecule has 8 nitrogen and oxygen atoms in total. The van der Waals surface area contributed by atoms with Gasteiger partial charge in [-0.25, -0.2) is 4.68 Å². The van der Waals surface area contributed by atoms with Crippen molar-refractivity contribution in [2.75, 3.05) is 26.3 Å². The molecule has 1 aliphatic rings. The molecule has 5 rings (SSSR count). The van der Waals surface area contributed by atoms with Crippen LogP contribution in [0.3, 0.4) is 0 Å². The number of aromatic amines is 1. The molecule has 2 aromatic heterocycles. The zero-order valence-electron chi connectivity index (χ0n) is 16.1. The number of hydrogen-bond donors (Lipinski definition) is 1. The van der Waals surface area contributed by atoms with Gasteiger partial charge < -0.3 is 14.6 Å². The van der Waals surface area contributed by atoms with Gasteiger partial charge in [0.2, 0.25) is 0 Å². The van der Waals surface area contributed by atoms with Crippen molar-refractivity contribution in [1.29, 1.82) is 0 Å². The first kappa shape index (κ1) is 18.3. The number of ether oxygens (including phenoxy) is 1. The van der Waals surface area contributed by atoms with Crippen LogP contribution in [-0.2, 0) is 4.74 Å². The summed E-state index contributed by atoms with van der Waals surface area (Å²) in [5.74, 6) is -0.0357. The Morgan fingerprint density at radius 1 is 1.03 bits per heavy atom. The molecule has 0 unspecified atom stereocenters. The summed E-state index contributed by atoms with van der Waals surface area (Å²) < 4.78 is 6.89. The van der Waals surface area contributed by atoms with E-state index in [1.807, 2.05) is 36.4 Å². The monoisotopic (exact) mass is 401 g/mol. The number of H-pyrrole nitrogens is 1. The van der Waals surface area contributed by atoms with E-state index in [1.54, 1.807) is 34.0 Å². The van der Waals surface area contributed by atoms with Crippen LogP contribution < -0.4 is 5.56 Å². The predicted molar refractivity (Wildman–Crippen MR) is 112 cm³/mol. The van der Waals surface area contributed by atoms with E-state index < -0.39 is 0 Å². The number of para-hydroxylation sites is 1. The summed E-state index contributed by atoms with van der Waals surface area (Å²) in [7, 11) is 0. The molecule has 0 radical (unpaired) electrons. The van der Waals surface area contributed by atoms with Crippen molar-refractivity contribution in [2.45, 2.75) is 0 Å². The van der Waals surface area contributed by atoms with Crippen LogP contribution in [0, 0.1) is 0 Å². The molecule has 0 saturated carbocycles. The summed E-state index contributed by atoms with van der Waals surface area (Å²) in [6.45, 7) is 2.28. The maximum Gasteiger partial charge on any atom is 0.258 e. The number of fused-ring (bicyclic) bond motifs is 1. The first-order chi connectivity index (χ1) is 14.7. The van der Waals surface area contributed by atoms with Gasteiger partial charge in [0, 0.05) is 24.2 Å². The van der Waals surface area contributed by atoms with Gasteiger partial charge in [0.1, 0.15) is 5.69 Å². The Bertz CT molecular complexity index is 1290. The van der Waals surface area contributed by atoms with Crippen LogP contribution in [0.5, 0.6) is 0 Å². The highest BCUT2D eigenvalue weighted by Gasteiger charge is 2.19. The van der Waals surface area contributed by atoms with E-state index in [2.05, 4.69) is 15.3 Å². The molecule has 2 aromatic carbocycles. The zero-order chi connectivity index (χ0) is 20.5. The largest absolute Gasteiger partial charge is 0.378 e. The van der Waals surface area contributed by atoms with E-state index in [9.17, 15) is 9.59 Å². The molecule has 0 aliphatic carbocycles. The van der Waals surface area contributed by atoms with Gasteiger partial charge in [-0.15, -0.1) is 5.10 Å². The number of amides is 1. The number of benzene rings is 2. The van der Waals surface area contributed by atoms with Crippen molar-refractivity contribution in [1.82, 2.24) is 24.9 Å². The van der Waals surface area contributed by atoms with Gasteiger partial charge in [0.05, 0.1) is 30.7 Å². The third-order valence-corrected chi connectivity index (χ3v) is 5.18. The number of morpholine rings is 1. The maximum atomic E-state index is 12.8. The number of carbonyl (C=O) groups is 1. The highest BCUT2D eigenvalue weighted by Crippen LogP contribution is 2.19. The molecule has 0 spiro atoms. The van der Waals surface area contributed by atoms with Crippen molar-refractivity contribution < 1.29 is 9.53 Å². The molecule has 0 atom stereocenters. The lowest BCUT2D eigenvalue weighted by atomic mass is 10.1. The molecular weight excluding hydrogens is 382 g/mol. The van der Waals surface area contributed by atoms with Crippen molar-refractivity contribution in [2.24, 2.45) is 0 Å². The molecule has 0 bridgehead atoms. The van der Waals surface area contributed by atoms with Gasteiger partial charge in [0.25, 0.3) is 11.5 Å². The minimum Gasteiger partial charge on any atom is -0.378 e. The third-order valence-electron chi connectivity index (χ3n) is 5.18. The summed E-state index contributed by atoms with van der Waals surface area (Å²) in [6.07, 6.45) is 1.69. The average Bonchev–Trinajstić information content (AvgIpc) is 3.29. The second-order valence-corrected chi connectivity index (χ2v) is 7.10. The minimum atomic E-state index is -0.225. The van der Waals surface area contributed by atoms with Gasteiger partial charge in [-0.05, 0) is 35.7 Å². The van der Waals surface area contributed by atoms with Crippen LogP contribution in [0.15, 0.2) is 65.6 Å². The highest BCUT2D eigenvalue weighted by atomic mass is 16.5. The van der Waals surface area contributed by atoms with E-state index >= 15 is 0 Å². The lowest BCUT2D eigenvalue weighted by molar-refractivity contribution is 0.0303. The smallest absolute Gasteiger partial charge is 0.258 e. The van der Waals surface area contributed by atoms with E-state index in [1.165, 1.54) is 0 Å². The number of aromatic nitrogens is 4. The Hall–Kier alpha value is -3.78. The first-order valence-electron chi connectivity index (χ1n) is 9.71. The maximum absolute atomic E-state index is 12.8. The van der Waals surface area contributed by atoms with Crippen LogP contribution >= 0.6 is 0 Å². The number of pyridine rings is 1. The number of nitrogens with one attached hydrogen (secondary N) is 1. The molecule has 1 amide bonds. The SMILES string of the molecule is O=C(c1cccc(-n2cc(-c3cc4ccccc4[nH]c3=O)nn2)c1)N1CCOCC1. The third kappa shape index (κ3) is 3.37. The number of nitrogens with zero attached hydrogens (tertiary/aromatic N) is 4. The second-order valence-electron chi connectivity index (χ2n) is 7.10. The molecule has 3 heterocycles. The van der Waals surface area contributed by atoms with Crippen LogP contribution in [0.1, 0.15) is 10.4 Å². The van der Waals surface area contributed by atoms with Crippen molar-refractivity contribution in [3.05, 3.63) is 76.7 Å². The Morgan fingerprint density at radius 2 is 1.87 bits per heavy atom. The minimum absolute atomic E-state index is 0.0357. The highest BCUT2D eigenvalue weighted by molar-refractivity contribution is 5.94. The molecular formula is C22H19N5O3. The summed E-state index contributed by atoms with van der Waals surface area (Å²) in [6, 6.07) is 16.6. The van der Waals surface area contributed by atoms with Crippen molar-refractivity contribution >= 4 is 16.8 Å². The van der Waals surface area contributed by atoms with Crippen molar-refractivity contribution in [3.8, 4) is 16.9 Å². The summed E-state index contributed by atoms with van der Waals surface area (Å²) in [5, 5.41) is 9.26. The second kappa shape index (κ2) is 7.57. The Balaban J connectivity index is 1.47. The Labute approximate surface area is 171 Å². The standard InChI is InChI=1S/C22H19N5O3/c28-21-18(13-15-4-1-2-7-19(15)23-21)20-14-27(25-24-20)17-6-3-5-16(12-17)22(29)26-8-10-30-11-9-26/h1-7,12-14H,8-11H2,(H,23,28). The van der Waals surface area contributed by atoms with Gasteiger partial charge >= 0.3 is 0 Å². The van der Waals surface area contributed by atoms with Crippen molar-refractivity contribution in [3.63, 3.8) is 0 Å². The molecule has 150 valence electrons. The van der Waals surface area contributed by atoms with Crippen LogP contribution in [0.2, 0.25) is 0 Å². The number of carbonyl (C=O) groups excluding carboxylic acids is 1. The lowest BCUT2D eigenvalue weighted by Crippen LogP contribution is -2.40. The summed E-state index contributed by atoms with van der Waals surface area (Å²) in [5.41, 5.74) is 2.73. The van der Waals surface area contributed by atoms with Gasteiger partial charge in [0.15, 0.2) is 0 Å². The molecule has 4 aromatic rings. The van der Waals surface area contributed by atoms with Crippen LogP contribution in [-0.4, -0.2) is 57.1 Å². The summed E-state index contributed by atoms with van der Waals surface area (Å²) >= 11 is 0. The molecule has 1 saturated heterocycles. The fraction of sp³-hybridized carbons (Fsp3) is 0.182. The first-order valence-corrected chi connectivity index (χ1v) is 9.71. The summed E-state index contributed by atoms with van der Waals surface area (Å²) in [4.78, 5) is 29.9. The molecule has 1 aliphatic heterocycles. The molecule has 1 N–H and O–H groups in total. The lowest BCUT2D eigenvalue weighted by Gasteiger charge is -2.26. The fourth-order valence-corrected chi connectivity index (χ4v) is 3.58. The number of hydrogen-bond acceptors (Lipinski definition) is 5. The van der Waals surface area contributed by atoms with Gasteiger partial charge in [-0.2, -0.15) is 0 Å². The topological polar surface area (TPSA) is 93.1 Å². The van der Waals surface area contributed by atoms with E-state index in [0.717, 1.165) is 10.9 Å². The molecule has 8 heteroatoms. The van der Waals surface area contributed by atoms with E-state index in [4.69, 9.17) is 4.74 Å². The molecule has 1 fully saturated rings. The van der Waals surface area contributed by atoms with Crippen LogP contribution in [0.4, 0.5) is 0 Å². The van der Waals surface area contributed by atoms with Gasteiger partial charge in [-0.1, -0.05) is 29.5 Å². The quantitative estimate of drug-likeness (QED) is 0.568. The van der Waals surface area contributed by atoms with Gasteiger partial charge in [-0.3, -0.25) is 9.59 Å². The van der Waals surface area contributed by atoms with E-state index in [0.29, 0.717) is 48.8 Å². The Kier molecular flexibility index (Phi) is 4.61. The number of rotatable bonds is 3. The Morgan fingerprint density at radius 3 is 2.73 bits per heavy atom. The van der Waals surface area contributed by atoms with Crippen LogP contribution in [0.25, 0.3) is 27.8 Å². The average molecular weight is 401 g/mol.